The number of aromatic nitrogens is 1. The summed E-state index contributed by atoms with van der Waals surface area (Å²) in [7, 11) is 0. The minimum atomic E-state index is -0.691. The maximum absolute atomic E-state index is 13.0. The van der Waals surface area contributed by atoms with Gasteiger partial charge in [-0.05, 0) is 55.5 Å². The van der Waals surface area contributed by atoms with E-state index in [1.54, 1.807) is 4.57 Å². The van der Waals surface area contributed by atoms with Gasteiger partial charge < -0.3 is 15.2 Å². The number of likely N-dealkylation sites (tertiary alicyclic amines) is 1. The van der Waals surface area contributed by atoms with Gasteiger partial charge in [-0.2, -0.15) is 0 Å². The predicted octanol–water partition coefficient (Wildman–Crippen LogP) is 1.56. The van der Waals surface area contributed by atoms with Crippen LogP contribution in [0.1, 0.15) is 46.3 Å². The van der Waals surface area contributed by atoms with E-state index in [-0.39, 0.29) is 17.0 Å². The highest BCUT2D eigenvalue weighted by atomic mass is 16.2. The lowest BCUT2D eigenvalue weighted by Gasteiger charge is -2.33. The lowest BCUT2D eigenvalue weighted by Crippen LogP contribution is -2.45. The zero-order valence-corrected chi connectivity index (χ0v) is 17.9. The van der Waals surface area contributed by atoms with E-state index in [0.29, 0.717) is 44.6 Å². The third-order valence-corrected chi connectivity index (χ3v) is 6.36. The predicted molar refractivity (Wildman–Crippen MR) is 119 cm³/mol. The van der Waals surface area contributed by atoms with E-state index in [1.165, 1.54) is 6.42 Å². The van der Waals surface area contributed by atoms with Gasteiger partial charge in [-0.25, -0.2) is 0 Å². The number of benzene rings is 1. The number of rotatable bonds is 6. The molecule has 2 aliphatic heterocycles. The van der Waals surface area contributed by atoms with Gasteiger partial charge in [0.1, 0.15) is 5.56 Å². The summed E-state index contributed by atoms with van der Waals surface area (Å²) in [5.41, 5.74) is 8.00. The van der Waals surface area contributed by atoms with Crippen LogP contribution in [0.3, 0.4) is 0 Å². The van der Waals surface area contributed by atoms with Gasteiger partial charge in [-0.1, -0.05) is 36.8 Å². The number of hydrogen-bond donors (Lipinski definition) is 1. The van der Waals surface area contributed by atoms with Crippen LogP contribution >= 0.6 is 0 Å². The normalized spacial score (nSPS) is 16.7. The molecule has 7 nitrogen and oxygen atoms in total. The van der Waals surface area contributed by atoms with Crippen molar-refractivity contribution in [2.75, 3.05) is 26.2 Å². The minimum Gasteiger partial charge on any atom is -0.365 e. The van der Waals surface area contributed by atoms with Crippen molar-refractivity contribution in [2.45, 2.75) is 45.2 Å². The highest BCUT2D eigenvalue weighted by molar-refractivity contribution is 5.94. The van der Waals surface area contributed by atoms with Crippen LogP contribution in [0.4, 0.5) is 0 Å². The van der Waals surface area contributed by atoms with Gasteiger partial charge in [0.2, 0.25) is 5.91 Å². The fourth-order valence-electron chi connectivity index (χ4n) is 4.65. The van der Waals surface area contributed by atoms with Crippen molar-refractivity contribution in [1.82, 2.24) is 14.4 Å². The number of pyridine rings is 1. The highest BCUT2D eigenvalue weighted by Gasteiger charge is 2.28. The molecule has 0 bridgehead atoms. The number of amides is 2. The van der Waals surface area contributed by atoms with E-state index in [0.717, 1.165) is 37.1 Å². The Morgan fingerprint density at radius 2 is 1.74 bits per heavy atom. The minimum absolute atomic E-state index is 0.0775. The summed E-state index contributed by atoms with van der Waals surface area (Å²) in [4.78, 5) is 42.0. The van der Waals surface area contributed by atoms with E-state index in [2.05, 4.69) is 4.90 Å². The van der Waals surface area contributed by atoms with Crippen molar-refractivity contribution in [3.63, 3.8) is 0 Å². The van der Waals surface area contributed by atoms with Crippen LogP contribution in [0, 0.1) is 0 Å². The van der Waals surface area contributed by atoms with Gasteiger partial charge in [0.15, 0.2) is 0 Å². The summed E-state index contributed by atoms with van der Waals surface area (Å²) < 4.78 is 1.57. The molecular weight excluding hydrogens is 392 g/mol. The maximum Gasteiger partial charge on any atom is 0.263 e. The Bertz CT molecular complexity index is 1010. The van der Waals surface area contributed by atoms with Crippen molar-refractivity contribution >= 4 is 11.8 Å². The van der Waals surface area contributed by atoms with E-state index < -0.39 is 5.91 Å². The topological polar surface area (TPSA) is 88.6 Å². The number of primary amides is 1. The SMILES string of the molecule is NC(=O)c1c2c(cn(CCc3ccccc3)c1=O)CN(C(=O)CN1CCCCC1)CC2. The van der Waals surface area contributed by atoms with Crippen LogP contribution < -0.4 is 11.3 Å². The Morgan fingerprint density at radius 1 is 1.00 bits per heavy atom. The van der Waals surface area contributed by atoms with Crippen molar-refractivity contribution in [3.8, 4) is 0 Å². The van der Waals surface area contributed by atoms with Crippen LogP contribution in [0.5, 0.6) is 0 Å². The molecular formula is C24H30N4O3. The summed E-state index contributed by atoms with van der Waals surface area (Å²) in [6.45, 7) is 3.76. The molecule has 1 aromatic heterocycles. The second-order valence-electron chi connectivity index (χ2n) is 8.51. The number of carbonyl (C=O) groups excluding carboxylic acids is 2. The average molecular weight is 423 g/mol. The zero-order valence-electron chi connectivity index (χ0n) is 17.9. The number of carbonyl (C=O) groups is 2. The summed E-state index contributed by atoms with van der Waals surface area (Å²) >= 11 is 0. The van der Waals surface area contributed by atoms with Gasteiger partial charge in [0.05, 0.1) is 6.54 Å². The first-order chi connectivity index (χ1) is 15.0. The maximum atomic E-state index is 13.0. The molecule has 31 heavy (non-hydrogen) atoms. The summed E-state index contributed by atoms with van der Waals surface area (Å²) in [6.07, 6.45) is 6.49. The van der Waals surface area contributed by atoms with Crippen LogP contribution in [-0.4, -0.2) is 52.4 Å². The highest BCUT2D eigenvalue weighted by Crippen LogP contribution is 2.21. The molecule has 2 aromatic rings. The second-order valence-corrected chi connectivity index (χ2v) is 8.51. The molecule has 164 valence electrons. The molecule has 2 aliphatic rings. The van der Waals surface area contributed by atoms with Crippen molar-refractivity contribution in [2.24, 2.45) is 5.73 Å². The molecule has 0 atom stereocenters. The molecule has 7 heteroatoms. The molecule has 3 heterocycles. The first-order valence-corrected chi connectivity index (χ1v) is 11.1. The third kappa shape index (κ3) is 4.88. The Hall–Kier alpha value is -2.93. The number of piperidine rings is 1. The Labute approximate surface area is 182 Å². The van der Waals surface area contributed by atoms with Crippen LogP contribution in [0.15, 0.2) is 41.3 Å². The molecule has 0 aliphatic carbocycles. The van der Waals surface area contributed by atoms with Crippen LogP contribution in [0.25, 0.3) is 0 Å². The molecule has 0 unspecified atom stereocenters. The summed E-state index contributed by atoms with van der Waals surface area (Å²) in [5.74, 6) is -0.585. The number of hydrogen-bond acceptors (Lipinski definition) is 4. The molecule has 2 N–H and O–H groups in total. The summed E-state index contributed by atoms with van der Waals surface area (Å²) in [5, 5.41) is 0. The number of fused-ring (bicyclic) bond motifs is 1. The zero-order chi connectivity index (χ0) is 21.8. The van der Waals surface area contributed by atoms with E-state index in [4.69, 9.17) is 5.73 Å². The smallest absolute Gasteiger partial charge is 0.263 e. The lowest BCUT2D eigenvalue weighted by molar-refractivity contribution is -0.133. The van der Waals surface area contributed by atoms with E-state index in [1.807, 2.05) is 41.4 Å². The van der Waals surface area contributed by atoms with Crippen molar-refractivity contribution in [1.29, 1.82) is 0 Å². The molecule has 4 rings (SSSR count). The molecule has 1 saturated heterocycles. The van der Waals surface area contributed by atoms with Gasteiger partial charge >= 0.3 is 0 Å². The molecule has 0 saturated carbocycles. The average Bonchev–Trinajstić information content (AvgIpc) is 2.78. The third-order valence-electron chi connectivity index (χ3n) is 6.36. The molecule has 1 fully saturated rings. The van der Waals surface area contributed by atoms with Crippen molar-refractivity contribution < 1.29 is 9.59 Å². The quantitative estimate of drug-likeness (QED) is 0.765. The fraction of sp³-hybridized carbons (Fsp3) is 0.458. The molecule has 0 radical (unpaired) electrons. The van der Waals surface area contributed by atoms with Gasteiger partial charge in [-0.15, -0.1) is 0 Å². The van der Waals surface area contributed by atoms with E-state index >= 15 is 0 Å². The van der Waals surface area contributed by atoms with Crippen molar-refractivity contribution in [3.05, 3.63) is 69.1 Å². The Morgan fingerprint density at radius 3 is 2.45 bits per heavy atom. The first-order valence-electron chi connectivity index (χ1n) is 11.1. The van der Waals surface area contributed by atoms with Crippen LogP contribution in [-0.2, 0) is 30.7 Å². The number of aryl methyl sites for hydroxylation is 2. The van der Waals surface area contributed by atoms with Gasteiger partial charge in [-0.3, -0.25) is 19.3 Å². The standard InChI is InChI=1S/C24H30N4O3/c25-23(30)22-20-10-14-27(21(29)17-26-11-5-2-6-12-26)15-19(20)16-28(24(22)31)13-9-18-7-3-1-4-8-18/h1,3-4,7-8,16H,2,5-6,9-15,17H2,(H2,25,30). The second kappa shape index (κ2) is 9.47. The fourth-order valence-corrected chi connectivity index (χ4v) is 4.65. The summed E-state index contributed by atoms with van der Waals surface area (Å²) in [6, 6.07) is 9.91. The van der Waals surface area contributed by atoms with Gasteiger partial charge in [0.25, 0.3) is 11.5 Å². The van der Waals surface area contributed by atoms with E-state index in [9.17, 15) is 14.4 Å². The molecule has 0 spiro atoms. The largest absolute Gasteiger partial charge is 0.365 e. The number of nitrogens with zero attached hydrogens (tertiary/aromatic N) is 3. The monoisotopic (exact) mass is 422 g/mol. The number of nitrogens with two attached hydrogens (primary N) is 1. The Balaban J connectivity index is 1.54. The molecule has 1 aromatic carbocycles. The lowest BCUT2D eigenvalue weighted by atomic mass is 9.96. The van der Waals surface area contributed by atoms with Gasteiger partial charge in [0, 0.05) is 25.8 Å². The Kier molecular flexibility index (Phi) is 6.51. The molecule has 2 amide bonds. The first kappa shape index (κ1) is 21.3. The van der Waals surface area contributed by atoms with Crippen LogP contribution in [0.2, 0.25) is 0 Å².